The number of nitriles is 1. The standard InChI is InChI=1S/C15H15N3O/c1-10-8-13(6-7-14(10)19-3)18-15-12(9-16)5-4-11(2)17-15/h4-8H,1-3H3,(H,17,18). The molecule has 0 aliphatic heterocycles. The number of hydrogen-bond acceptors (Lipinski definition) is 4. The Bertz CT molecular complexity index is 644. The van der Waals surface area contributed by atoms with Gasteiger partial charge >= 0.3 is 0 Å². The lowest BCUT2D eigenvalue weighted by Gasteiger charge is -2.10. The Balaban J connectivity index is 2.34. The molecule has 0 aliphatic rings. The van der Waals surface area contributed by atoms with E-state index in [2.05, 4.69) is 16.4 Å². The molecule has 0 amide bonds. The van der Waals surface area contributed by atoms with Crippen molar-refractivity contribution in [2.24, 2.45) is 0 Å². The van der Waals surface area contributed by atoms with Gasteiger partial charge in [0.2, 0.25) is 0 Å². The van der Waals surface area contributed by atoms with Gasteiger partial charge in [0.15, 0.2) is 0 Å². The summed E-state index contributed by atoms with van der Waals surface area (Å²) < 4.78 is 5.22. The summed E-state index contributed by atoms with van der Waals surface area (Å²) in [6.45, 7) is 3.87. The molecule has 1 N–H and O–H groups in total. The summed E-state index contributed by atoms with van der Waals surface area (Å²) in [7, 11) is 1.64. The fourth-order valence-electron chi connectivity index (χ4n) is 1.84. The van der Waals surface area contributed by atoms with Crippen molar-refractivity contribution in [1.29, 1.82) is 5.26 Å². The van der Waals surface area contributed by atoms with Crippen LogP contribution in [0, 0.1) is 25.2 Å². The second-order valence-electron chi connectivity index (χ2n) is 4.27. The average Bonchev–Trinajstić information content (AvgIpc) is 2.39. The van der Waals surface area contributed by atoms with Crippen LogP contribution in [0.1, 0.15) is 16.8 Å². The number of aromatic nitrogens is 1. The molecule has 4 nitrogen and oxygen atoms in total. The van der Waals surface area contributed by atoms with E-state index >= 15 is 0 Å². The summed E-state index contributed by atoms with van der Waals surface area (Å²) in [4.78, 5) is 4.35. The quantitative estimate of drug-likeness (QED) is 0.911. The maximum Gasteiger partial charge on any atom is 0.148 e. The van der Waals surface area contributed by atoms with E-state index < -0.39 is 0 Å². The fourth-order valence-corrected chi connectivity index (χ4v) is 1.84. The first-order chi connectivity index (χ1) is 9.13. The van der Waals surface area contributed by atoms with Gasteiger partial charge in [-0.2, -0.15) is 5.26 Å². The SMILES string of the molecule is COc1ccc(Nc2nc(C)ccc2C#N)cc1C. The Kier molecular flexibility index (Phi) is 3.67. The third-order valence-corrected chi connectivity index (χ3v) is 2.81. The Morgan fingerprint density at radius 2 is 2.00 bits per heavy atom. The highest BCUT2D eigenvalue weighted by Crippen LogP contribution is 2.24. The molecule has 1 heterocycles. The minimum Gasteiger partial charge on any atom is -0.496 e. The number of aryl methyl sites for hydroxylation is 2. The molecule has 0 bridgehead atoms. The van der Waals surface area contributed by atoms with Crippen LogP contribution in [0.2, 0.25) is 0 Å². The second-order valence-corrected chi connectivity index (χ2v) is 4.27. The van der Waals surface area contributed by atoms with E-state index in [4.69, 9.17) is 10.00 Å². The molecule has 0 spiro atoms. The van der Waals surface area contributed by atoms with Gasteiger partial charge in [-0.25, -0.2) is 4.98 Å². The first-order valence-electron chi connectivity index (χ1n) is 5.93. The van der Waals surface area contributed by atoms with Gasteiger partial charge in [-0.3, -0.25) is 0 Å². The number of anilines is 2. The predicted octanol–water partition coefficient (Wildman–Crippen LogP) is 3.32. The number of hydrogen-bond donors (Lipinski definition) is 1. The molecule has 96 valence electrons. The zero-order chi connectivity index (χ0) is 13.8. The van der Waals surface area contributed by atoms with Crippen LogP contribution in [0.5, 0.6) is 5.75 Å². The number of benzene rings is 1. The number of nitrogens with one attached hydrogen (secondary N) is 1. The molecule has 0 atom stereocenters. The van der Waals surface area contributed by atoms with Gasteiger partial charge in [-0.05, 0) is 49.7 Å². The van der Waals surface area contributed by atoms with Crippen LogP contribution in [0.4, 0.5) is 11.5 Å². The smallest absolute Gasteiger partial charge is 0.148 e. The van der Waals surface area contributed by atoms with Crippen molar-refractivity contribution >= 4 is 11.5 Å². The monoisotopic (exact) mass is 253 g/mol. The predicted molar refractivity (Wildman–Crippen MR) is 74.7 cm³/mol. The highest BCUT2D eigenvalue weighted by Gasteiger charge is 2.06. The highest BCUT2D eigenvalue weighted by molar-refractivity contribution is 5.64. The van der Waals surface area contributed by atoms with Gasteiger partial charge in [-0.15, -0.1) is 0 Å². The molecular weight excluding hydrogens is 238 g/mol. The van der Waals surface area contributed by atoms with E-state index in [-0.39, 0.29) is 0 Å². The molecular formula is C15H15N3O. The normalized spacial score (nSPS) is 9.79. The molecule has 0 fully saturated rings. The molecule has 0 unspecified atom stereocenters. The molecule has 1 aromatic heterocycles. The molecule has 0 saturated heterocycles. The van der Waals surface area contributed by atoms with Crippen LogP contribution < -0.4 is 10.1 Å². The topological polar surface area (TPSA) is 57.9 Å². The Morgan fingerprint density at radius 3 is 2.63 bits per heavy atom. The van der Waals surface area contributed by atoms with Crippen LogP contribution in [0.3, 0.4) is 0 Å². The minimum atomic E-state index is 0.527. The third kappa shape index (κ3) is 2.83. The molecule has 2 aromatic rings. The van der Waals surface area contributed by atoms with E-state index in [9.17, 15) is 0 Å². The third-order valence-electron chi connectivity index (χ3n) is 2.81. The lowest BCUT2D eigenvalue weighted by Crippen LogP contribution is -1.99. The van der Waals surface area contributed by atoms with Crippen LogP contribution in [-0.2, 0) is 0 Å². The Hall–Kier alpha value is -2.54. The Labute approximate surface area is 112 Å². The van der Waals surface area contributed by atoms with Crippen LogP contribution in [-0.4, -0.2) is 12.1 Å². The molecule has 0 radical (unpaired) electrons. The van der Waals surface area contributed by atoms with Crippen molar-refractivity contribution in [2.75, 3.05) is 12.4 Å². The molecule has 0 saturated carbocycles. The van der Waals surface area contributed by atoms with E-state index in [0.717, 1.165) is 22.7 Å². The number of pyridine rings is 1. The lowest BCUT2D eigenvalue weighted by atomic mass is 10.2. The number of methoxy groups -OCH3 is 1. The molecule has 4 heteroatoms. The summed E-state index contributed by atoms with van der Waals surface area (Å²) in [6.07, 6.45) is 0. The zero-order valence-corrected chi connectivity index (χ0v) is 11.2. The zero-order valence-electron chi connectivity index (χ0n) is 11.2. The van der Waals surface area contributed by atoms with E-state index in [1.165, 1.54) is 0 Å². The molecule has 2 rings (SSSR count). The largest absolute Gasteiger partial charge is 0.496 e. The first-order valence-corrected chi connectivity index (χ1v) is 5.93. The van der Waals surface area contributed by atoms with Gasteiger partial charge in [0.05, 0.1) is 12.7 Å². The molecule has 0 aliphatic carbocycles. The van der Waals surface area contributed by atoms with Crippen molar-refractivity contribution < 1.29 is 4.74 Å². The van der Waals surface area contributed by atoms with E-state index in [1.54, 1.807) is 13.2 Å². The van der Waals surface area contributed by atoms with Crippen LogP contribution in [0.15, 0.2) is 30.3 Å². The van der Waals surface area contributed by atoms with Crippen molar-refractivity contribution in [1.82, 2.24) is 4.98 Å². The highest BCUT2D eigenvalue weighted by atomic mass is 16.5. The summed E-state index contributed by atoms with van der Waals surface area (Å²) in [5.41, 5.74) is 3.30. The van der Waals surface area contributed by atoms with Crippen molar-refractivity contribution in [3.63, 3.8) is 0 Å². The van der Waals surface area contributed by atoms with Crippen molar-refractivity contribution in [3.05, 3.63) is 47.2 Å². The lowest BCUT2D eigenvalue weighted by molar-refractivity contribution is 0.412. The Morgan fingerprint density at radius 1 is 1.21 bits per heavy atom. The van der Waals surface area contributed by atoms with Gasteiger partial charge in [-0.1, -0.05) is 0 Å². The van der Waals surface area contributed by atoms with Crippen molar-refractivity contribution in [3.8, 4) is 11.8 Å². The van der Waals surface area contributed by atoms with E-state index in [0.29, 0.717) is 11.4 Å². The van der Waals surface area contributed by atoms with Crippen molar-refractivity contribution in [2.45, 2.75) is 13.8 Å². The van der Waals surface area contributed by atoms with Gasteiger partial charge in [0.1, 0.15) is 17.6 Å². The number of ether oxygens (including phenoxy) is 1. The maximum atomic E-state index is 9.07. The summed E-state index contributed by atoms with van der Waals surface area (Å²) in [5.74, 6) is 1.41. The summed E-state index contributed by atoms with van der Waals surface area (Å²) >= 11 is 0. The van der Waals surface area contributed by atoms with Gasteiger partial charge in [0, 0.05) is 11.4 Å². The van der Waals surface area contributed by atoms with Crippen LogP contribution >= 0.6 is 0 Å². The number of nitrogens with zero attached hydrogens (tertiary/aromatic N) is 2. The first kappa shape index (κ1) is 12.9. The minimum absolute atomic E-state index is 0.527. The van der Waals surface area contributed by atoms with Gasteiger partial charge < -0.3 is 10.1 Å². The second kappa shape index (κ2) is 5.40. The number of rotatable bonds is 3. The molecule has 1 aromatic carbocycles. The van der Waals surface area contributed by atoms with Gasteiger partial charge in [0.25, 0.3) is 0 Å². The van der Waals surface area contributed by atoms with Crippen LogP contribution in [0.25, 0.3) is 0 Å². The average molecular weight is 253 g/mol. The maximum absolute atomic E-state index is 9.07. The summed E-state index contributed by atoms with van der Waals surface area (Å²) in [5, 5.41) is 12.2. The summed E-state index contributed by atoms with van der Waals surface area (Å²) in [6, 6.07) is 11.5. The fraction of sp³-hybridized carbons (Fsp3) is 0.200. The van der Waals surface area contributed by atoms with E-state index in [1.807, 2.05) is 38.1 Å². The molecule has 19 heavy (non-hydrogen) atoms.